The minimum absolute atomic E-state index is 0.171. The Balaban J connectivity index is 2.87. The summed E-state index contributed by atoms with van der Waals surface area (Å²) in [5, 5.41) is 0.672. The van der Waals surface area contributed by atoms with Crippen molar-refractivity contribution in [3.8, 4) is 0 Å². The lowest BCUT2D eigenvalue weighted by atomic mass is 10.1. The minimum atomic E-state index is -0.391. The van der Waals surface area contributed by atoms with Gasteiger partial charge in [0.05, 0.1) is 11.2 Å². The van der Waals surface area contributed by atoms with Gasteiger partial charge >= 0.3 is 0 Å². The predicted octanol–water partition coefficient (Wildman–Crippen LogP) is 2.26. The van der Waals surface area contributed by atoms with Crippen LogP contribution in [0.2, 0.25) is 0 Å². The maximum absolute atomic E-state index is 13.0. The maximum atomic E-state index is 13.0. The number of rotatable bonds is 0. The third kappa shape index (κ3) is 1.22. The Morgan fingerprint density at radius 2 is 2.00 bits per heavy atom. The van der Waals surface area contributed by atoms with E-state index >= 15 is 0 Å². The topological polar surface area (TPSA) is 38.9 Å². The molecule has 2 rings (SSSR count). The highest BCUT2D eigenvalue weighted by Crippen LogP contribution is 2.22. The summed E-state index contributed by atoms with van der Waals surface area (Å²) in [4.78, 5) is 4.23. The average molecular weight is 176 g/mol. The first-order chi connectivity index (χ1) is 6.18. The molecule has 0 saturated carbocycles. The molecular weight excluding hydrogens is 167 g/mol. The summed E-state index contributed by atoms with van der Waals surface area (Å²) in [7, 11) is 0. The molecule has 0 bridgehead atoms. The van der Waals surface area contributed by atoms with Gasteiger partial charge in [0.1, 0.15) is 5.82 Å². The third-order valence-electron chi connectivity index (χ3n) is 2.00. The molecule has 0 radical (unpaired) electrons. The lowest BCUT2D eigenvalue weighted by molar-refractivity contribution is 0.634. The molecule has 0 fully saturated rings. The molecule has 0 atom stereocenters. The smallest absolute Gasteiger partial charge is 0.146 e. The zero-order chi connectivity index (χ0) is 9.42. The molecule has 2 aromatic rings. The van der Waals surface area contributed by atoms with Crippen molar-refractivity contribution < 1.29 is 4.39 Å². The highest BCUT2D eigenvalue weighted by atomic mass is 19.1. The molecule has 13 heavy (non-hydrogen) atoms. The second-order valence-corrected chi connectivity index (χ2v) is 2.98. The Morgan fingerprint density at radius 1 is 1.23 bits per heavy atom. The molecule has 0 amide bonds. The normalized spacial score (nSPS) is 10.6. The van der Waals surface area contributed by atoms with Gasteiger partial charge in [-0.3, -0.25) is 4.98 Å². The van der Waals surface area contributed by atoms with E-state index in [0.29, 0.717) is 5.39 Å². The average Bonchev–Trinajstić information content (AvgIpc) is 2.12. The van der Waals surface area contributed by atoms with Crippen molar-refractivity contribution >= 4 is 16.6 Å². The van der Waals surface area contributed by atoms with Gasteiger partial charge in [0.25, 0.3) is 0 Å². The molecule has 0 aliphatic rings. The van der Waals surface area contributed by atoms with Gasteiger partial charge in [0, 0.05) is 11.1 Å². The maximum Gasteiger partial charge on any atom is 0.146 e. The molecule has 3 heteroatoms. The van der Waals surface area contributed by atoms with Gasteiger partial charge in [-0.25, -0.2) is 4.39 Å². The lowest BCUT2D eigenvalue weighted by Crippen LogP contribution is -1.93. The zero-order valence-corrected chi connectivity index (χ0v) is 7.21. The number of hydrogen-bond donors (Lipinski definition) is 1. The van der Waals surface area contributed by atoms with Crippen molar-refractivity contribution in [2.75, 3.05) is 5.73 Å². The standard InChI is InChI=1S/C10H9FN2/c1-6-2-3-7-9(13-6)5-4-8(11)10(7)12/h2-5H,12H2,1H3. The first-order valence-electron chi connectivity index (χ1n) is 4.00. The van der Waals surface area contributed by atoms with Gasteiger partial charge in [-0.2, -0.15) is 0 Å². The zero-order valence-electron chi connectivity index (χ0n) is 7.21. The van der Waals surface area contributed by atoms with Crippen molar-refractivity contribution in [2.45, 2.75) is 6.92 Å². The van der Waals surface area contributed by atoms with Gasteiger partial charge in [-0.1, -0.05) is 0 Å². The van der Waals surface area contributed by atoms with Crippen molar-refractivity contribution in [1.29, 1.82) is 0 Å². The summed E-state index contributed by atoms with van der Waals surface area (Å²) in [6.45, 7) is 1.89. The van der Waals surface area contributed by atoms with Crippen LogP contribution in [0, 0.1) is 12.7 Å². The van der Waals surface area contributed by atoms with Crippen LogP contribution in [-0.4, -0.2) is 4.98 Å². The Labute approximate surface area is 75.2 Å². The summed E-state index contributed by atoms with van der Waals surface area (Å²) < 4.78 is 13.0. The molecule has 0 aliphatic heterocycles. The molecule has 2 N–H and O–H groups in total. The van der Waals surface area contributed by atoms with E-state index in [9.17, 15) is 4.39 Å². The minimum Gasteiger partial charge on any atom is -0.396 e. The van der Waals surface area contributed by atoms with Gasteiger partial charge in [-0.05, 0) is 31.2 Å². The Hall–Kier alpha value is -1.64. The molecule has 0 aliphatic carbocycles. The first kappa shape index (κ1) is 7.98. The van der Waals surface area contributed by atoms with E-state index < -0.39 is 5.82 Å². The number of fused-ring (bicyclic) bond motifs is 1. The second kappa shape index (κ2) is 2.69. The van der Waals surface area contributed by atoms with Crippen molar-refractivity contribution in [3.63, 3.8) is 0 Å². The van der Waals surface area contributed by atoms with Crippen LogP contribution >= 0.6 is 0 Å². The van der Waals surface area contributed by atoms with Crippen LogP contribution in [0.5, 0.6) is 0 Å². The van der Waals surface area contributed by atoms with Crippen LogP contribution < -0.4 is 5.73 Å². The van der Waals surface area contributed by atoms with Crippen molar-refractivity contribution in [2.24, 2.45) is 0 Å². The van der Waals surface area contributed by atoms with Crippen LogP contribution in [0.4, 0.5) is 10.1 Å². The summed E-state index contributed by atoms with van der Waals surface area (Å²) in [5.41, 5.74) is 7.36. The number of nitrogens with two attached hydrogens (primary N) is 1. The quantitative estimate of drug-likeness (QED) is 0.625. The van der Waals surface area contributed by atoms with Gasteiger partial charge in [0.15, 0.2) is 0 Å². The summed E-state index contributed by atoms with van der Waals surface area (Å²) in [6, 6.07) is 6.58. The van der Waals surface area contributed by atoms with E-state index in [1.54, 1.807) is 12.1 Å². The summed E-state index contributed by atoms with van der Waals surface area (Å²) in [6.07, 6.45) is 0. The molecule has 1 aromatic carbocycles. The number of hydrogen-bond acceptors (Lipinski definition) is 2. The number of anilines is 1. The van der Waals surface area contributed by atoms with Crippen LogP contribution in [-0.2, 0) is 0 Å². The van der Waals surface area contributed by atoms with Gasteiger partial charge < -0.3 is 5.73 Å². The van der Waals surface area contributed by atoms with Crippen LogP contribution in [0.15, 0.2) is 24.3 Å². The largest absolute Gasteiger partial charge is 0.396 e. The van der Waals surface area contributed by atoms with E-state index in [0.717, 1.165) is 11.2 Å². The van der Waals surface area contributed by atoms with Crippen LogP contribution in [0.1, 0.15) is 5.69 Å². The number of halogens is 1. The highest BCUT2D eigenvalue weighted by Gasteiger charge is 2.03. The number of nitrogen functional groups attached to an aromatic ring is 1. The first-order valence-corrected chi connectivity index (χ1v) is 4.00. The fourth-order valence-electron chi connectivity index (χ4n) is 1.30. The number of nitrogens with zero attached hydrogens (tertiary/aromatic N) is 1. The van der Waals surface area contributed by atoms with Gasteiger partial charge in [-0.15, -0.1) is 0 Å². The SMILES string of the molecule is Cc1ccc2c(N)c(F)ccc2n1. The van der Waals surface area contributed by atoms with E-state index in [-0.39, 0.29) is 5.69 Å². The fourth-order valence-corrected chi connectivity index (χ4v) is 1.30. The Bertz CT molecular complexity index is 466. The molecular formula is C10H9FN2. The van der Waals surface area contributed by atoms with Gasteiger partial charge in [0.2, 0.25) is 0 Å². The number of aryl methyl sites for hydroxylation is 1. The lowest BCUT2D eigenvalue weighted by Gasteiger charge is -2.02. The number of aromatic nitrogens is 1. The third-order valence-corrected chi connectivity index (χ3v) is 2.00. The highest BCUT2D eigenvalue weighted by molar-refractivity contribution is 5.90. The predicted molar refractivity (Wildman–Crippen MR) is 50.9 cm³/mol. The Morgan fingerprint density at radius 3 is 2.77 bits per heavy atom. The molecule has 0 spiro atoms. The van der Waals surface area contributed by atoms with Crippen LogP contribution in [0.25, 0.3) is 10.9 Å². The number of pyridine rings is 1. The molecule has 0 unspecified atom stereocenters. The second-order valence-electron chi connectivity index (χ2n) is 2.98. The van der Waals surface area contributed by atoms with E-state index in [2.05, 4.69) is 4.98 Å². The monoisotopic (exact) mass is 176 g/mol. The van der Waals surface area contributed by atoms with E-state index in [4.69, 9.17) is 5.73 Å². The molecule has 0 saturated heterocycles. The molecule has 2 nitrogen and oxygen atoms in total. The Kier molecular flexibility index (Phi) is 1.65. The fraction of sp³-hybridized carbons (Fsp3) is 0.100. The summed E-state index contributed by atoms with van der Waals surface area (Å²) >= 11 is 0. The number of benzene rings is 1. The molecule has 1 heterocycles. The molecule has 66 valence electrons. The van der Waals surface area contributed by atoms with E-state index in [1.165, 1.54) is 6.07 Å². The van der Waals surface area contributed by atoms with Crippen molar-refractivity contribution in [1.82, 2.24) is 4.98 Å². The van der Waals surface area contributed by atoms with E-state index in [1.807, 2.05) is 13.0 Å². The summed E-state index contributed by atoms with van der Waals surface area (Å²) in [5.74, 6) is -0.391. The molecule has 1 aromatic heterocycles. The van der Waals surface area contributed by atoms with Crippen molar-refractivity contribution in [3.05, 3.63) is 35.8 Å². The van der Waals surface area contributed by atoms with Crippen LogP contribution in [0.3, 0.4) is 0 Å².